The van der Waals surface area contributed by atoms with Crippen LogP contribution in [0.15, 0.2) is 0 Å². The maximum absolute atomic E-state index is 11.2. The predicted octanol–water partition coefficient (Wildman–Crippen LogP) is -0.908. The van der Waals surface area contributed by atoms with Crippen molar-refractivity contribution >= 4 is 17.8 Å². The van der Waals surface area contributed by atoms with E-state index >= 15 is 0 Å². The first-order valence-electron chi connectivity index (χ1n) is 6.17. The Bertz CT molecular complexity index is 369. The highest BCUT2D eigenvalue weighted by Crippen LogP contribution is 2.25. The van der Waals surface area contributed by atoms with Crippen molar-refractivity contribution in [2.24, 2.45) is 0 Å². The quantitative estimate of drug-likeness (QED) is 0.647. The van der Waals surface area contributed by atoms with E-state index in [0.717, 1.165) is 6.92 Å². The molecule has 20 heavy (non-hydrogen) atoms. The van der Waals surface area contributed by atoms with E-state index < -0.39 is 42.6 Å². The number of hydrogen-bond donors (Lipinski definition) is 2. The third kappa shape index (κ3) is 4.17. The van der Waals surface area contributed by atoms with Crippen LogP contribution < -0.4 is 5.32 Å². The smallest absolute Gasteiger partial charge is 0.303 e. The molecule has 0 aromatic heterocycles. The maximum atomic E-state index is 11.2. The molecule has 2 N–H and O–H groups in total. The molecule has 8 nitrogen and oxygen atoms in total. The number of hydrogen-bond acceptors (Lipinski definition) is 7. The molecular formula is C12H19NO7. The van der Waals surface area contributed by atoms with Gasteiger partial charge in [-0.1, -0.05) is 0 Å². The molecule has 8 heteroatoms. The number of aliphatic hydroxyl groups excluding tert-OH is 1. The van der Waals surface area contributed by atoms with E-state index in [1.54, 1.807) is 6.92 Å². The van der Waals surface area contributed by atoms with Gasteiger partial charge >= 0.3 is 11.9 Å². The van der Waals surface area contributed by atoms with Gasteiger partial charge in [0.05, 0.1) is 12.1 Å². The van der Waals surface area contributed by atoms with Gasteiger partial charge in [0.25, 0.3) is 0 Å². The van der Waals surface area contributed by atoms with Crippen molar-refractivity contribution in [3.05, 3.63) is 0 Å². The summed E-state index contributed by atoms with van der Waals surface area (Å²) in [4.78, 5) is 33.5. The molecule has 1 aliphatic rings. The fourth-order valence-corrected chi connectivity index (χ4v) is 2.10. The zero-order valence-electron chi connectivity index (χ0n) is 11.8. The average molecular weight is 289 g/mol. The molecule has 5 unspecified atom stereocenters. The van der Waals surface area contributed by atoms with E-state index in [4.69, 9.17) is 14.2 Å². The van der Waals surface area contributed by atoms with Crippen LogP contribution in [0.25, 0.3) is 0 Å². The molecule has 114 valence electrons. The van der Waals surface area contributed by atoms with E-state index in [2.05, 4.69) is 5.32 Å². The first kappa shape index (κ1) is 16.4. The molecule has 1 aliphatic heterocycles. The van der Waals surface area contributed by atoms with E-state index in [1.165, 1.54) is 13.8 Å². The minimum atomic E-state index is -1.44. The van der Waals surface area contributed by atoms with Gasteiger partial charge < -0.3 is 24.6 Å². The number of rotatable bonds is 3. The SMILES string of the molecule is CC(=O)NC1C(C)OC(O)C(OC(C)=O)C1OC(C)=O. The van der Waals surface area contributed by atoms with Crippen molar-refractivity contribution in [3.8, 4) is 0 Å². The lowest BCUT2D eigenvalue weighted by atomic mass is 9.96. The monoisotopic (exact) mass is 289 g/mol. The lowest BCUT2D eigenvalue weighted by Crippen LogP contribution is -2.64. The molecule has 0 spiro atoms. The lowest BCUT2D eigenvalue weighted by molar-refractivity contribution is -0.264. The van der Waals surface area contributed by atoms with Gasteiger partial charge in [-0.2, -0.15) is 0 Å². The fraction of sp³-hybridized carbons (Fsp3) is 0.750. The summed E-state index contributed by atoms with van der Waals surface area (Å²) < 4.78 is 15.2. The van der Waals surface area contributed by atoms with Crippen molar-refractivity contribution < 1.29 is 33.7 Å². The van der Waals surface area contributed by atoms with E-state index in [9.17, 15) is 19.5 Å². The number of esters is 2. The first-order valence-corrected chi connectivity index (χ1v) is 6.17. The predicted molar refractivity (Wildman–Crippen MR) is 65.3 cm³/mol. The lowest BCUT2D eigenvalue weighted by Gasteiger charge is -2.42. The van der Waals surface area contributed by atoms with E-state index in [-0.39, 0.29) is 5.91 Å². The molecule has 1 heterocycles. The largest absolute Gasteiger partial charge is 0.456 e. The number of carbonyl (C=O) groups excluding carboxylic acids is 3. The summed E-state index contributed by atoms with van der Waals surface area (Å²) in [5.41, 5.74) is 0. The molecule has 0 aliphatic carbocycles. The maximum Gasteiger partial charge on any atom is 0.303 e. The highest BCUT2D eigenvalue weighted by molar-refractivity contribution is 5.73. The summed E-state index contributed by atoms with van der Waals surface area (Å²) in [7, 11) is 0. The topological polar surface area (TPSA) is 111 Å². The van der Waals surface area contributed by atoms with Crippen LogP contribution in [0, 0.1) is 0 Å². The van der Waals surface area contributed by atoms with Gasteiger partial charge in [-0.05, 0) is 6.92 Å². The second-order valence-electron chi connectivity index (χ2n) is 4.61. The molecule has 5 atom stereocenters. The van der Waals surface area contributed by atoms with Crippen LogP contribution >= 0.6 is 0 Å². The molecule has 0 aromatic rings. The Hall–Kier alpha value is -1.67. The van der Waals surface area contributed by atoms with Gasteiger partial charge in [0.1, 0.15) is 0 Å². The number of amides is 1. The summed E-state index contributed by atoms with van der Waals surface area (Å²) in [5, 5.41) is 12.4. The minimum Gasteiger partial charge on any atom is -0.456 e. The van der Waals surface area contributed by atoms with Crippen LogP contribution in [0.3, 0.4) is 0 Å². The second kappa shape index (κ2) is 6.67. The molecule has 0 radical (unpaired) electrons. The fourth-order valence-electron chi connectivity index (χ4n) is 2.10. The molecule has 1 saturated heterocycles. The van der Waals surface area contributed by atoms with Gasteiger partial charge in [0, 0.05) is 20.8 Å². The molecular weight excluding hydrogens is 270 g/mol. The normalized spacial score (nSPS) is 33.1. The van der Waals surface area contributed by atoms with Crippen LogP contribution in [-0.4, -0.2) is 53.6 Å². The Labute approximate surface area is 116 Å². The van der Waals surface area contributed by atoms with Gasteiger partial charge in [0.2, 0.25) is 5.91 Å². The molecule has 0 bridgehead atoms. The van der Waals surface area contributed by atoms with Crippen molar-refractivity contribution in [1.82, 2.24) is 5.32 Å². The Morgan fingerprint density at radius 1 is 1.05 bits per heavy atom. The van der Waals surface area contributed by atoms with Crippen molar-refractivity contribution in [3.63, 3.8) is 0 Å². The van der Waals surface area contributed by atoms with Crippen LogP contribution in [0.4, 0.5) is 0 Å². The third-order valence-corrected chi connectivity index (χ3v) is 2.79. The third-order valence-electron chi connectivity index (χ3n) is 2.79. The highest BCUT2D eigenvalue weighted by atomic mass is 16.7. The van der Waals surface area contributed by atoms with Crippen LogP contribution in [0.5, 0.6) is 0 Å². The minimum absolute atomic E-state index is 0.361. The highest BCUT2D eigenvalue weighted by Gasteiger charge is 2.48. The Morgan fingerprint density at radius 2 is 1.55 bits per heavy atom. The molecule has 1 fully saturated rings. The number of aliphatic hydroxyl groups is 1. The molecule has 0 saturated carbocycles. The number of carbonyl (C=O) groups is 3. The average Bonchev–Trinajstić information content (AvgIpc) is 2.27. The van der Waals surface area contributed by atoms with Crippen LogP contribution in [0.2, 0.25) is 0 Å². The Balaban J connectivity index is 3.01. The summed E-state index contributed by atoms with van der Waals surface area (Å²) in [6.45, 7) is 5.24. The molecule has 1 rings (SSSR count). The van der Waals surface area contributed by atoms with Crippen LogP contribution in [-0.2, 0) is 28.6 Å². The summed E-state index contributed by atoms with van der Waals surface area (Å²) in [6.07, 6.45) is -4.29. The zero-order valence-corrected chi connectivity index (χ0v) is 11.8. The number of ether oxygens (including phenoxy) is 3. The molecule has 1 amide bonds. The Kier molecular flexibility index (Phi) is 5.46. The Morgan fingerprint density at radius 3 is 2.00 bits per heavy atom. The summed E-state index contributed by atoms with van der Waals surface area (Å²) in [5.74, 6) is -1.64. The summed E-state index contributed by atoms with van der Waals surface area (Å²) in [6, 6.07) is -0.732. The van der Waals surface area contributed by atoms with Gasteiger partial charge in [-0.25, -0.2) is 0 Å². The summed E-state index contributed by atoms with van der Waals surface area (Å²) >= 11 is 0. The zero-order chi connectivity index (χ0) is 15.4. The van der Waals surface area contributed by atoms with Crippen molar-refractivity contribution in [1.29, 1.82) is 0 Å². The standard InChI is InChI=1S/C12H19NO7/c1-5-9(13-6(2)14)10(19-7(3)15)11(12(17)18-5)20-8(4)16/h5,9-12,17H,1-4H3,(H,13,14). The number of nitrogens with one attached hydrogen (secondary N) is 1. The first-order chi connectivity index (χ1) is 9.22. The van der Waals surface area contributed by atoms with Crippen LogP contribution in [0.1, 0.15) is 27.7 Å². The molecule has 0 aromatic carbocycles. The van der Waals surface area contributed by atoms with E-state index in [1.807, 2.05) is 0 Å². The van der Waals surface area contributed by atoms with Crippen molar-refractivity contribution in [2.75, 3.05) is 0 Å². The van der Waals surface area contributed by atoms with Gasteiger partial charge in [-0.3, -0.25) is 14.4 Å². The van der Waals surface area contributed by atoms with Crippen molar-refractivity contribution in [2.45, 2.75) is 58.3 Å². The van der Waals surface area contributed by atoms with E-state index in [0.29, 0.717) is 0 Å². The van der Waals surface area contributed by atoms with Gasteiger partial charge in [0.15, 0.2) is 18.5 Å². The second-order valence-corrected chi connectivity index (χ2v) is 4.61. The van der Waals surface area contributed by atoms with Gasteiger partial charge in [-0.15, -0.1) is 0 Å².